The van der Waals surface area contributed by atoms with E-state index in [0.717, 1.165) is 12.0 Å². The van der Waals surface area contributed by atoms with Gasteiger partial charge in [-0.3, -0.25) is 4.84 Å². The van der Waals surface area contributed by atoms with Crippen LogP contribution >= 0.6 is 0 Å². The summed E-state index contributed by atoms with van der Waals surface area (Å²) in [6, 6.07) is 5.78. The maximum atomic E-state index is 11.2. The second-order valence-electron chi connectivity index (χ2n) is 5.83. The fraction of sp³-hybridized carbons (Fsp3) is 0.438. The van der Waals surface area contributed by atoms with E-state index < -0.39 is 10.1 Å². The molecule has 0 saturated heterocycles. The van der Waals surface area contributed by atoms with Crippen molar-refractivity contribution in [2.45, 2.75) is 32.1 Å². The molecule has 23 heavy (non-hydrogen) atoms. The van der Waals surface area contributed by atoms with Crippen molar-refractivity contribution in [1.29, 1.82) is 0 Å². The van der Waals surface area contributed by atoms with E-state index in [0.29, 0.717) is 5.57 Å². The fourth-order valence-corrected chi connectivity index (χ4v) is 1.88. The molecule has 0 aliphatic carbocycles. The van der Waals surface area contributed by atoms with Gasteiger partial charge in [-0.15, -0.1) is 4.65 Å². The van der Waals surface area contributed by atoms with E-state index in [9.17, 15) is 17.8 Å². The normalized spacial score (nSPS) is 12.2. The molecule has 0 amide bonds. The molecular formula is C16H25NO5S. The zero-order chi connectivity index (χ0) is 18.3. The van der Waals surface area contributed by atoms with E-state index >= 15 is 0 Å². The van der Waals surface area contributed by atoms with Crippen LogP contribution in [0.4, 0.5) is 0 Å². The highest BCUT2D eigenvalue weighted by Gasteiger charge is 2.16. The van der Waals surface area contributed by atoms with E-state index in [1.54, 1.807) is 40.2 Å². The molecule has 0 radical (unpaired) electrons. The zero-order valence-corrected chi connectivity index (χ0v) is 15.3. The van der Waals surface area contributed by atoms with E-state index in [4.69, 9.17) is 4.84 Å². The van der Waals surface area contributed by atoms with Gasteiger partial charge in [0.15, 0.2) is 0 Å². The predicted molar refractivity (Wildman–Crippen MR) is 87.3 cm³/mol. The molecule has 130 valence electrons. The minimum Gasteiger partial charge on any atom is -0.744 e. The van der Waals surface area contributed by atoms with Crippen LogP contribution in [-0.2, 0) is 19.8 Å². The van der Waals surface area contributed by atoms with Gasteiger partial charge in [0, 0.05) is 5.57 Å². The van der Waals surface area contributed by atoms with Gasteiger partial charge >= 0.3 is 5.97 Å². The number of hydrogen-bond acceptors (Lipinski definition) is 5. The number of aryl methyl sites for hydroxylation is 1. The Kier molecular flexibility index (Phi) is 8.16. The average Bonchev–Trinajstić information content (AvgIpc) is 2.37. The molecular weight excluding hydrogens is 318 g/mol. The van der Waals surface area contributed by atoms with Crippen LogP contribution in [0.5, 0.6) is 0 Å². The Bertz CT molecular complexity index is 640. The van der Waals surface area contributed by atoms with Crippen LogP contribution in [-0.4, -0.2) is 44.7 Å². The zero-order valence-electron chi connectivity index (χ0n) is 14.5. The third kappa shape index (κ3) is 9.83. The standard InChI is InChI=1S/C9H18NO2.C7H8O3S/c1-6-7-8(2)9(11)12-10(3,4)5;1-6-2-4-7(5-3-6)11(8,9)10/h7H,6H2,1-5H3;2-5H,1H3,(H,8,9,10)/q+1;/p-1. The van der Waals surface area contributed by atoms with Crippen LogP contribution in [0.25, 0.3) is 0 Å². The van der Waals surface area contributed by atoms with Gasteiger partial charge in [0.25, 0.3) is 0 Å². The van der Waals surface area contributed by atoms with Crippen molar-refractivity contribution in [1.82, 2.24) is 0 Å². The molecule has 0 unspecified atom stereocenters. The lowest BCUT2D eigenvalue weighted by atomic mass is 10.2. The van der Waals surface area contributed by atoms with Crippen LogP contribution in [0.15, 0.2) is 40.8 Å². The molecule has 6 nitrogen and oxygen atoms in total. The Morgan fingerprint density at radius 3 is 2.04 bits per heavy atom. The highest BCUT2D eigenvalue weighted by molar-refractivity contribution is 7.85. The van der Waals surface area contributed by atoms with Crippen molar-refractivity contribution in [3.05, 3.63) is 41.5 Å². The quantitative estimate of drug-likeness (QED) is 0.363. The lowest BCUT2D eigenvalue weighted by Crippen LogP contribution is -2.37. The summed E-state index contributed by atoms with van der Waals surface area (Å²) in [4.78, 5) is 16.1. The van der Waals surface area contributed by atoms with Gasteiger partial charge in [-0.05, 0) is 32.4 Å². The van der Waals surface area contributed by atoms with Crippen molar-refractivity contribution in [2.75, 3.05) is 21.1 Å². The van der Waals surface area contributed by atoms with E-state index in [-0.39, 0.29) is 15.5 Å². The molecule has 0 atom stereocenters. The molecule has 0 saturated carbocycles. The summed E-state index contributed by atoms with van der Waals surface area (Å²) in [5, 5.41) is 0. The lowest BCUT2D eigenvalue weighted by Gasteiger charge is -2.20. The maximum Gasteiger partial charge on any atom is 0.392 e. The molecule has 0 bridgehead atoms. The van der Waals surface area contributed by atoms with Crippen LogP contribution in [0.1, 0.15) is 25.8 Å². The first-order valence-electron chi connectivity index (χ1n) is 7.11. The lowest BCUT2D eigenvalue weighted by molar-refractivity contribution is -1.04. The van der Waals surface area contributed by atoms with Crippen molar-refractivity contribution in [3.8, 4) is 0 Å². The summed E-state index contributed by atoms with van der Waals surface area (Å²) in [6.45, 7) is 5.57. The average molecular weight is 343 g/mol. The Morgan fingerprint density at radius 2 is 1.70 bits per heavy atom. The number of carbonyl (C=O) groups excluding carboxylic acids is 1. The number of hydrogen-bond donors (Lipinski definition) is 0. The van der Waals surface area contributed by atoms with Gasteiger partial charge in [-0.1, -0.05) is 30.7 Å². The van der Waals surface area contributed by atoms with Gasteiger partial charge in [0.1, 0.15) is 31.3 Å². The monoisotopic (exact) mass is 343 g/mol. The summed E-state index contributed by atoms with van der Waals surface area (Å²) < 4.78 is 31.4. The number of carbonyl (C=O) groups is 1. The van der Waals surface area contributed by atoms with Gasteiger partial charge < -0.3 is 4.55 Å². The Morgan fingerprint density at radius 1 is 1.22 bits per heavy atom. The van der Waals surface area contributed by atoms with Gasteiger partial charge in [0.05, 0.1) is 4.90 Å². The summed E-state index contributed by atoms with van der Waals surface area (Å²) in [7, 11) is 1.14. The topological polar surface area (TPSA) is 83.5 Å². The smallest absolute Gasteiger partial charge is 0.392 e. The third-order valence-electron chi connectivity index (χ3n) is 2.50. The molecule has 0 fully saturated rings. The fourth-order valence-electron chi connectivity index (χ4n) is 1.42. The number of benzene rings is 1. The first kappa shape index (κ1) is 21.3. The number of quaternary nitrogens is 1. The first-order valence-corrected chi connectivity index (χ1v) is 8.52. The SMILES string of the molecule is CCC=C(C)C(=O)O[N+](C)(C)C.Cc1ccc(S(=O)(=O)[O-])cc1. The van der Waals surface area contributed by atoms with Crippen molar-refractivity contribution in [3.63, 3.8) is 0 Å². The number of hydroxylamine groups is 3. The number of rotatable bonds is 4. The molecule has 0 aliphatic heterocycles. The summed E-state index contributed by atoms with van der Waals surface area (Å²) >= 11 is 0. The molecule has 7 heteroatoms. The third-order valence-corrected chi connectivity index (χ3v) is 3.35. The van der Waals surface area contributed by atoms with Crippen LogP contribution in [0, 0.1) is 6.92 Å². The maximum absolute atomic E-state index is 11.2. The molecule has 1 aromatic rings. The van der Waals surface area contributed by atoms with Crippen LogP contribution in [0.3, 0.4) is 0 Å². The molecule has 0 aromatic heterocycles. The molecule has 0 aliphatic rings. The van der Waals surface area contributed by atoms with E-state index in [1.165, 1.54) is 12.1 Å². The summed E-state index contributed by atoms with van der Waals surface area (Å²) in [6.07, 6.45) is 2.72. The second kappa shape index (κ2) is 8.81. The summed E-state index contributed by atoms with van der Waals surface area (Å²) in [5.74, 6) is -0.246. The molecule has 1 rings (SSSR count). The minimum absolute atomic E-state index is 0.178. The number of allylic oxidation sites excluding steroid dienone is 1. The Balaban J connectivity index is 0.000000422. The van der Waals surface area contributed by atoms with Crippen LogP contribution in [0.2, 0.25) is 0 Å². The van der Waals surface area contributed by atoms with Gasteiger partial charge in [0.2, 0.25) is 0 Å². The predicted octanol–water partition coefficient (Wildman–Crippen LogP) is 2.41. The highest BCUT2D eigenvalue weighted by atomic mass is 32.2. The number of nitrogens with zero attached hydrogens (tertiary/aromatic N) is 1. The minimum atomic E-state index is -4.27. The molecule has 0 spiro atoms. The first-order chi connectivity index (χ1) is 10.4. The van der Waals surface area contributed by atoms with Crippen molar-refractivity contribution in [2.24, 2.45) is 0 Å². The van der Waals surface area contributed by atoms with Crippen molar-refractivity contribution >= 4 is 16.1 Å². The summed E-state index contributed by atoms with van der Waals surface area (Å²) in [5.41, 5.74) is 1.60. The second-order valence-corrected chi connectivity index (χ2v) is 7.21. The van der Waals surface area contributed by atoms with Gasteiger partial charge in [-0.2, -0.15) is 0 Å². The van der Waals surface area contributed by atoms with E-state index in [1.807, 2.05) is 19.9 Å². The molecule has 0 N–H and O–H groups in total. The molecule has 1 aromatic carbocycles. The highest BCUT2D eigenvalue weighted by Crippen LogP contribution is 2.08. The Hall–Kier alpha value is -1.70. The van der Waals surface area contributed by atoms with E-state index in [2.05, 4.69) is 0 Å². The molecule has 0 heterocycles. The van der Waals surface area contributed by atoms with Gasteiger partial charge in [-0.25, -0.2) is 13.2 Å². The Labute approximate surface area is 138 Å². The van der Waals surface area contributed by atoms with Crippen LogP contribution < -0.4 is 0 Å². The largest absolute Gasteiger partial charge is 0.744 e. The van der Waals surface area contributed by atoms with Crippen molar-refractivity contribution < 1.29 is 27.2 Å².